The topological polar surface area (TPSA) is 119 Å². The third kappa shape index (κ3) is 4.72. The second kappa shape index (κ2) is 9.41. The first-order valence-corrected chi connectivity index (χ1v) is 10.6. The number of fused-ring (bicyclic) bond motifs is 1. The van der Waals surface area contributed by atoms with Crippen molar-refractivity contribution in [3.05, 3.63) is 47.5 Å². The molecule has 0 radical (unpaired) electrons. The molecule has 2 atom stereocenters. The highest BCUT2D eigenvalue weighted by Gasteiger charge is 2.37. The van der Waals surface area contributed by atoms with Crippen LogP contribution in [-0.4, -0.2) is 64.1 Å². The van der Waals surface area contributed by atoms with Crippen molar-refractivity contribution in [1.29, 1.82) is 0 Å². The zero-order valence-corrected chi connectivity index (χ0v) is 19.4. The molecule has 0 fully saturated rings. The number of carbonyl (C=O) groups excluding carboxylic acids is 1. The fraction of sp³-hybridized carbons (Fsp3) is 0.409. The quantitative estimate of drug-likeness (QED) is 0.527. The van der Waals surface area contributed by atoms with Crippen molar-refractivity contribution in [2.75, 3.05) is 36.8 Å². The van der Waals surface area contributed by atoms with Gasteiger partial charge < -0.3 is 25.0 Å². The SMILES string of the molecule is COc1ccc(Cn2cc(CNc3nc(C)c4c(n3)N(C)[C@@H]([C@@H](C)OC)C(=O)N4)cn2)cn1. The molecule has 1 aliphatic rings. The summed E-state index contributed by atoms with van der Waals surface area (Å²) in [4.78, 5) is 27.8. The minimum Gasteiger partial charge on any atom is -0.481 e. The molecule has 11 nitrogen and oxygen atoms in total. The number of rotatable bonds is 8. The molecule has 2 N–H and O–H groups in total. The van der Waals surface area contributed by atoms with Gasteiger partial charge in [0.05, 0.1) is 31.6 Å². The van der Waals surface area contributed by atoms with Crippen LogP contribution in [0.3, 0.4) is 0 Å². The van der Waals surface area contributed by atoms with Gasteiger partial charge in [0.25, 0.3) is 0 Å². The average Bonchev–Trinajstić information content (AvgIpc) is 3.26. The highest BCUT2D eigenvalue weighted by atomic mass is 16.5. The van der Waals surface area contributed by atoms with Crippen LogP contribution in [-0.2, 0) is 22.6 Å². The normalized spacial score (nSPS) is 16.2. The van der Waals surface area contributed by atoms with Gasteiger partial charge in [0.1, 0.15) is 11.7 Å². The number of hydrogen-bond acceptors (Lipinski definition) is 9. The molecule has 4 rings (SSSR count). The number of aryl methyl sites for hydroxylation is 1. The minimum absolute atomic E-state index is 0.133. The molecule has 0 bridgehead atoms. The summed E-state index contributed by atoms with van der Waals surface area (Å²) >= 11 is 0. The maximum absolute atomic E-state index is 12.6. The molecule has 0 saturated heterocycles. The largest absolute Gasteiger partial charge is 0.481 e. The molecule has 0 unspecified atom stereocenters. The monoisotopic (exact) mass is 452 g/mol. The predicted octanol–water partition coefficient (Wildman–Crippen LogP) is 1.84. The Morgan fingerprint density at radius 2 is 2.03 bits per heavy atom. The first-order valence-electron chi connectivity index (χ1n) is 10.6. The van der Waals surface area contributed by atoms with Gasteiger partial charge in [-0.05, 0) is 19.4 Å². The highest BCUT2D eigenvalue weighted by Crippen LogP contribution is 2.33. The zero-order valence-electron chi connectivity index (χ0n) is 19.4. The van der Waals surface area contributed by atoms with E-state index in [-0.39, 0.29) is 12.0 Å². The Kier molecular flexibility index (Phi) is 6.40. The minimum atomic E-state index is -0.477. The van der Waals surface area contributed by atoms with Crippen LogP contribution < -0.4 is 20.3 Å². The summed E-state index contributed by atoms with van der Waals surface area (Å²) in [5.41, 5.74) is 3.32. The van der Waals surface area contributed by atoms with Gasteiger partial charge in [-0.3, -0.25) is 9.48 Å². The Balaban J connectivity index is 1.45. The first kappa shape index (κ1) is 22.5. The molecule has 3 aromatic heterocycles. The number of aromatic nitrogens is 5. The molecule has 1 amide bonds. The van der Waals surface area contributed by atoms with Gasteiger partial charge in [-0.2, -0.15) is 10.1 Å². The highest BCUT2D eigenvalue weighted by molar-refractivity contribution is 6.03. The van der Waals surface area contributed by atoms with Crippen LogP contribution in [0.5, 0.6) is 5.88 Å². The van der Waals surface area contributed by atoms with E-state index < -0.39 is 6.04 Å². The van der Waals surface area contributed by atoms with Gasteiger partial charge in [0, 0.05) is 44.7 Å². The summed E-state index contributed by atoms with van der Waals surface area (Å²) in [6, 6.07) is 3.31. The number of methoxy groups -OCH3 is 2. The third-order valence-corrected chi connectivity index (χ3v) is 5.64. The maximum atomic E-state index is 12.6. The van der Waals surface area contributed by atoms with E-state index in [9.17, 15) is 4.79 Å². The first-order chi connectivity index (χ1) is 15.9. The smallest absolute Gasteiger partial charge is 0.249 e. The summed E-state index contributed by atoms with van der Waals surface area (Å²) in [5, 5.41) is 10.6. The van der Waals surface area contributed by atoms with Crippen LogP contribution in [0, 0.1) is 6.92 Å². The average molecular weight is 453 g/mol. The number of anilines is 3. The molecular weight excluding hydrogens is 424 g/mol. The second-order valence-corrected chi connectivity index (χ2v) is 7.93. The van der Waals surface area contributed by atoms with E-state index in [0.29, 0.717) is 42.1 Å². The molecule has 0 saturated carbocycles. The van der Waals surface area contributed by atoms with Crippen LogP contribution in [0.25, 0.3) is 0 Å². The van der Waals surface area contributed by atoms with E-state index >= 15 is 0 Å². The van der Waals surface area contributed by atoms with Crippen molar-refractivity contribution in [1.82, 2.24) is 24.7 Å². The molecule has 1 aliphatic heterocycles. The van der Waals surface area contributed by atoms with Crippen molar-refractivity contribution in [3.63, 3.8) is 0 Å². The van der Waals surface area contributed by atoms with Crippen LogP contribution in [0.15, 0.2) is 30.7 Å². The van der Waals surface area contributed by atoms with Crippen LogP contribution >= 0.6 is 0 Å². The van der Waals surface area contributed by atoms with Crippen molar-refractivity contribution in [3.8, 4) is 5.88 Å². The van der Waals surface area contributed by atoms with E-state index in [2.05, 4.69) is 30.7 Å². The predicted molar refractivity (Wildman–Crippen MR) is 124 cm³/mol. The number of likely N-dealkylation sites (N-methyl/N-ethyl adjacent to an activating group) is 1. The van der Waals surface area contributed by atoms with E-state index in [4.69, 9.17) is 9.47 Å². The molecule has 174 valence electrons. The second-order valence-electron chi connectivity index (χ2n) is 7.93. The van der Waals surface area contributed by atoms with E-state index in [1.165, 1.54) is 0 Å². The van der Waals surface area contributed by atoms with Crippen LogP contribution in [0.2, 0.25) is 0 Å². The lowest BCUT2D eigenvalue weighted by Gasteiger charge is -2.37. The maximum Gasteiger partial charge on any atom is 0.249 e. The van der Waals surface area contributed by atoms with Gasteiger partial charge in [-0.25, -0.2) is 9.97 Å². The molecule has 3 aromatic rings. The van der Waals surface area contributed by atoms with Gasteiger partial charge >= 0.3 is 0 Å². The standard InChI is InChI=1S/C22H28N8O3/c1-13-18-20(29(3)19(14(2)32-4)21(31)27-18)28-22(26-13)24-9-16-10-25-30(12-16)11-15-6-7-17(33-5)23-8-15/h6-8,10,12,14,19H,9,11H2,1-5H3,(H,27,31)(H,24,26,28)/t14-,19+/m1/s1. The number of pyridine rings is 1. The number of carbonyl (C=O) groups is 1. The Bertz CT molecular complexity index is 1130. The van der Waals surface area contributed by atoms with Crippen LogP contribution in [0.1, 0.15) is 23.7 Å². The van der Waals surface area contributed by atoms with E-state index in [1.807, 2.05) is 48.8 Å². The summed E-state index contributed by atoms with van der Waals surface area (Å²) in [5.74, 6) is 1.58. The van der Waals surface area contributed by atoms with Crippen molar-refractivity contribution >= 4 is 23.4 Å². The molecule has 4 heterocycles. The lowest BCUT2D eigenvalue weighted by Crippen LogP contribution is -2.53. The Hall–Kier alpha value is -3.73. The lowest BCUT2D eigenvalue weighted by atomic mass is 10.1. The summed E-state index contributed by atoms with van der Waals surface area (Å²) in [7, 11) is 5.02. The molecule has 0 aromatic carbocycles. The Morgan fingerprint density at radius 1 is 1.21 bits per heavy atom. The number of ether oxygens (including phenoxy) is 2. The summed E-state index contributed by atoms with van der Waals surface area (Å²) in [6.45, 7) is 4.82. The fourth-order valence-corrected chi connectivity index (χ4v) is 3.78. The van der Waals surface area contributed by atoms with Gasteiger partial charge in [-0.15, -0.1) is 0 Å². The number of hydrogen-bond donors (Lipinski definition) is 2. The fourth-order valence-electron chi connectivity index (χ4n) is 3.78. The van der Waals surface area contributed by atoms with Crippen molar-refractivity contribution in [2.45, 2.75) is 39.1 Å². The van der Waals surface area contributed by atoms with E-state index in [1.54, 1.807) is 26.6 Å². The molecule has 0 aliphatic carbocycles. The Labute approximate surface area is 192 Å². The van der Waals surface area contributed by atoms with E-state index in [0.717, 1.165) is 11.1 Å². The van der Waals surface area contributed by atoms with Crippen molar-refractivity contribution in [2.24, 2.45) is 0 Å². The molecule has 0 spiro atoms. The molecular formula is C22H28N8O3. The lowest BCUT2D eigenvalue weighted by molar-refractivity contribution is -0.120. The summed E-state index contributed by atoms with van der Waals surface area (Å²) < 4.78 is 12.3. The number of nitrogens with one attached hydrogen (secondary N) is 2. The number of amides is 1. The third-order valence-electron chi connectivity index (χ3n) is 5.64. The molecule has 11 heteroatoms. The van der Waals surface area contributed by atoms with Gasteiger partial charge in [-0.1, -0.05) is 6.07 Å². The zero-order chi connectivity index (χ0) is 23.5. The van der Waals surface area contributed by atoms with Gasteiger partial charge in [0.15, 0.2) is 5.82 Å². The Morgan fingerprint density at radius 3 is 2.73 bits per heavy atom. The number of nitrogens with zero attached hydrogens (tertiary/aromatic N) is 6. The summed E-state index contributed by atoms with van der Waals surface area (Å²) in [6.07, 6.45) is 5.25. The van der Waals surface area contributed by atoms with Gasteiger partial charge in [0.2, 0.25) is 17.7 Å². The van der Waals surface area contributed by atoms with Crippen molar-refractivity contribution < 1.29 is 14.3 Å². The van der Waals surface area contributed by atoms with Crippen LogP contribution in [0.4, 0.5) is 17.5 Å². The molecule has 33 heavy (non-hydrogen) atoms.